The predicted octanol–water partition coefficient (Wildman–Crippen LogP) is 14.6. The lowest BCUT2D eigenvalue weighted by molar-refractivity contribution is 0.589. The third-order valence-electron chi connectivity index (χ3n) is 21.2. The Balaban J connectivity index is 0.000000127. The van der Waals surface area contributed by atoms with Gasteiger partial charge in [0.2, 0.25) is 30.0 Å². The standard InChI is InChI=1S/C26H25ClN4O.2C18H17ClN4O3S.C18H17ClN4OS.C8H11N/c1-18(19-8-3-2-4-9-19)16-24-28-13-12-23(29-24)25-21(17-20-10-5-6-11-22(20)27)26(32)31-15-7-14-30(25)31;2*1-27(25,26)18-20-8-7-15(21-18)16-13(11-12-5-2-3-6-14(12)19)17(24)23-10-4-9-22(16)23;1-25-18-20-8-7-15(21-18)16-13(11-12-5-2-3-6-14(12)19)17(24)23-10-4-9-22(16)23;1-7(9)8-5-3-2-4-6-8/h2-6,8-13,18H,7,14-17H2,1H3;2*2-3,5-8H,4,9-11H2,1H3;2-3,5-8H,4,9-11H2,1H3;2-7H,9H2,1H3/t18-;;;;7-/m1...0/s1. The monoisotopic (exact) mass is 1750 g/mol. The second kappa shape index (κ2) is 37.8. The predicted molar refractivity (Wildman–Crippen MR) is 470 cm³/mol. The number of nitrogens with two attached hydrogens (primary N) is 1. The summed E-state index contributed by atoms with van der Waals surface area (Å²) >= 11 is 26.8. The minimum atomic E-state index is -3.56. The van der Waals surface area contributed by atoms with Gasteiger partial charge in [-0.05, 0) is 127 Å². The zero-order chi connectivity index (χ0) is 84.5. The third-order valence-corrected chi connectivity index (χ3v) is 24.9. The highest BCUT2D eigenvalue weighted by molar-refractivity contribution is 7.98. The molecule has 2 N–H and O–H groups in total. The molecule has 32 heteroatoms. The zero-order valence-electron chi connectivity index (χ0n) is 66.5. The maximum absolute atomic E-state index is 13.3. The fraction of sp³-hybridized carbons (Fsp3) is 0.273. The summed E-state index contributed by atoms with van der Waals surface area (Å²) < 4.78 is 62.4. The van der Waals surface area contributed by atoms with Gasteiger partial charge in [-0.3, -0.25) is 37.9 Å². The van der Waals surface area contributed by atoms with Crippen LogP contribution in [0.15, 0.2) is 241 Å². The van der Waals surface area contributed by atoms with Gasteiger partial charge in [-0.1, -0.05) is 199 Å². The molecule has 0 bridgehead atoms. The Bertz CT molecular complexity index is 6410. The number of thioether (sulfide) groups is 1. The largest absolute Gasteiger partial charge is 0.324 e. The van der Waals surface area contributed by atoms with Crippen LogP contribution in [-0.2, 0) is 104 Å². The molecule has 6 aromatic carbocycles. The number of benzene rings is 6. The first-order chi connectivity index (χ1) is 57.8. The number of halogens is 4. The van der Waals surface area contributed by atoms with Gasteiger partial charge in [0.1, 0.15) is 5.82 Å². The van der Waals surface area contributed by atoms with Crippen LogP contribution in [0.1, 0.15) is 113 Å². The average Bonchev–Trinajstić information content (AvgIpc) is 1.62. The minimum absolute atomic E-state index is 0.0511. The van der Waals surface area contributed by atoms with E-state index in [-0.39, 0.29) is 38.6 Å². The molecule has 8 aromatic heterocycles. The van der Waals surface area contributed by atoms with Crippen molar-refractivity contribution < 1.29 is 16.8 Å². The Labute approximate surface area is 718 Å². The lowest BCUT2D eigenvalue weighted by Crippen LogP contribution is -2.18. The van der Waals surface area contributed by atoms with E-state index in [0.717, 1.165) is 133 Å². The second-order valence-electron chi connectivity index (χ2n) is 29.5. The number of hydrogen-bond acceptors (Lipinski definition) is 18. The van der Waals surface area contributed by atoms with Crippen LogP contribution in [0.4, 0.5) is 0 Å². The number of rotatable bonds is 19. The maximum atomic E-state index is 13.3. The fourth-order valence-corrected chi connectivity index (χ4v) is 17.6. The molecule has 618 valence electrons. The van der Waals surface area contributed by atoms with Crippen molar-refractivity contribution >= 4 is 77.8 Å². The van der Waals surface area contributed by atoms with Gasteiger partial charge >= 0.3 is 0 Å². The molecule has 0 unspecified atom stereocenters. The van der Waals surface area contributed by atoms with E-state index in [0.29, 0.717) is 117 Å². The lowest BCUT2D eigenvalue weighted by atomic mass is 9.97. The SMILES string of the molecule is CS(=O)(=O)c1nccc(-c2c(Cc3ccccc3Cl)c(=O)n3n2CCC3)n1.CS(=O)(=O)c1nccc(-c2c(Cc3ccccc3Cl)c(=O)n3n2CCC3)n1.CSc1nccc(-c2c(Cc3ccccc3Cl)c(=O)n3n2CCC3)n1.C[C@H](Cc1nccc(-c2c(Cc3ccccc3Cl)c(=O)n3n2CCC3)n1)c1ccccc1.C[C@H](N)c1ccccc1. The van der Waals surface area contributed by atoms with Gasteiger partial charge in [0.25, 0.3) is 22.2 Å². The highest BCUT2D eigenvalue weighted by atomic mass is 35.5. The van der Waals surface area contributed by atoms with E-state index in [1.165, 1.54) is 35.3 Å². The first kappa shape index (κ1) is 85.5. The van der Waals surface area contributed by atoms with Crippen LogP contribution < -0.4 is 28.0 Å². The van der Waals surface area contributed by atoms with Crippen LogP contribution in [0.25, 0.3) is 45.6 Å². The highest BCUT2D eigenvalue weighted by Gasteiger charge is 2.32. The molecule has 0 fully saturated rings. The molecule has 120 heavy (non-hydrogen) atoms. The van der Waals surface area contributed by atoms with Gasteiger partial charge in [-0.15, -0.1) is 0 Å². The Morgan fingerprint density at radius 2 is 0.650 bits per heavy atom. The van der Waals surface area contributed by atoms with Crippen molar-refractivity contribution in [1.29, 1.82) is 0 Å². The van der Waals surface area contributed by atoms with Crippen LogP contribution in [0.3, 0.4) is 0 Å². The van der Waals surface area contributed by atoms with Crippen LogP contribution in [0.2, 0.25) is 20.1 Å². The minimum Gasteiger partial charge on any atom is -0.324 e. The zero-order valence-corrected chi connectivity index (χ0v) is 72.0. The normalized spacial score (nSPS) is 13.6. The van der Waals surface area contributed by atoms with Crippen LogP contribution >= 0.6 is 58.2 Å². The third kappa shape index (κ3) is 19.1. The molecule has 4 aliphatic rings. The van der Waals surface area contributed by atoms with Gasteiger partial charge < -0.3 is 5.73 Å². The van der Waals surface area contributed by atoms with E-state index in [9.17, 15) is 36.0 Å². The molecule has 25 nitrogen and oxygen atoms in total. The highest BCUT2D eigenvalue weighted by Crippen LogP contribution is 2.35. The Morgan fingerprint density at radius 1 is 0.367 bits per heavy atom. The van der Waals surface area contributed by atoms with Crippen molar-refractivity contribution in [2.45, 2.75) is 151 Å². The average molecular weight is 1750 g/mol. The molecule has 2 atom stereocenters. The quantitative estimate of drug-likeness (QED) is 0.0581. The van der Waals surface area contributed by atoms with Crippen molar-refractivity contribution in [3.8, 4) is 45.6 Å². The molecule has 18 rings (SSSR count). The Morgan fingerprint density at radius 3 is 0.958 bits per heavy atom. The summed E-state index contributed by atoms with van der Waals surface area (Å²) in [6.07, 6.45) is 16.5. The second-order valence-corrected chi connectivity index (χ2v) is 35.7. The van der Waals surface area contributed by atoms with E-state index in [2.05, 4.69) is 75.4 Å². The van der Waals surface area contributed by atoms with Gasteiger partial charge in [-0.2, -0.15) is 0 Å². The van der Waals surface area contributed by atoms with Gasteiger partial charge in [0, 0.05) is 148 Å². The number of nitrogens with zero attached hydrogens (tertiary/aromatic N) is 16. The van der Waals surface area contributed by atoms with Crippen molar-refractivity contribution in [1.82, 2.24) is 77.3 Å². The van der Waals surface area contributed by atoms with E-state index >= 15 is 0 Å². The van der Waals surface area contributed by atoms with Gasteiger partial charge in [0.05, 0.1) is 67.8 Å². The molecular formula is C88H87Cl4N17O8S3. The first-order valence-corrected chi connectivity index (χ1v) is 45.7. The molecule has 14 aromatic rings. The number of hydrogen-bond donors (Lipinski definition) is 1. The van der Waals surface area contributed by atoms with Crippen molar-refractivity contribution in [3.63, 3.8) is 0 Å². The van der Waals surface area contributed by atoms with E-state index in [1.807, 2.05) is 165 Å². The topological polar surface area (TPSA) is 305 Å². The number of sulfone groups is 2. The van der Waals surface area contributed by atoms with Crippen molar-refractivity contribution in [3.05, 3.63) is 330 Å². The molecule has 12 heterocycles. The molecule has 0 aliphatic carbocycles. The van der Waals surface area contributed by atoms with E-state index in [4.69, 9.17) is 57.1 Å². The van der Waals surface area contributed by atoms with Crippen LogP contribution in [-0.4, -0.2) is 113 Å². The Hall–Kier alpha value is -11.0. The molecule has 0 radical (unpaired) electrons. The van der Waals surface area contributed by atoms with Crippen molar-refractivity contribution in [2.75, 3.05) is 18.8 Å². The molecular weight excluding hydrogens is 1660 g/mol. The number of aromatic nitrogens is 16. The van der Waals surface area contributed by atoms with Crippen LogP contribution in [0, 0.1) is 0 Å². The first-order valence-electron chi connectivity index (χ1n) is 39.2. The molecule has 0 spiro atoms. The van der Waals surface area contributed by atoms with E-state index in [1.54, 1.807) is 46.0 Å². The van der Waals surface area contributed by atoms with E-state index < -0.39 is 19.7 Å². The fourth-order valence-electron chi connectivity index (χ4n) is 15.4. The van der Waals surface area contributed by atoms with Gasteiger partial charge in [0.15, 0.2) is 5.16 Å². The Kier molecular flexibility index (Phi) is 26.9. The smallest absolute Gasteiger partial charge is 0.270 e. The summed E-state index contributed by atoms with van der Waals surface area (Å²) in [5, 5.41) is 2.71. The molecule has 0 saturated heterocycles. The summed E-state index contributed by atoms with van der Waals surface area (Å²) in [6.45, 7) is 9.88. The lowest BCUT2D eigenvalue weighted by Gasteiger charge is -2.13. The van der Waals surface area contributed by atoms with Crippen molar-refractivity contribution in [2.24, 2.45) is 5.73 Å². The summed E-state index contributed by atoms with van der Waals surface area (Å²) in [5.74, 6) is 1.09. The number of fused-ring (bicyclic) bond motifs is 4. The molecule has 0 amide bonds. The maximum Gasteiger partial charge on any atom is 0.270 e. The van der Waals surface area contributed by atoms with Gasteiger partial charge in [-0.25, -0.2) is 75.4 Å². The van der Waals surface area contributed by atoms with Crippen LogP contribution in [0.5, 0.6) is 0 Å². The summed E-state index contributed by atoms with van der Waals surface area (Å²) in [6, 6.07) is 57.8. The summed E-state index contributed by atoms with van der Waals surface area (Å²) in [5.41, 5.74) is 19.6. The summed E-state index contributed by atoms with van der Waals surface area (Å²) in [4.78, 5) is 86.7. The molecule has 4 aliphatic heterocycles. The molecule has 0 saturated carbocycles. The summed E-state index contributed by atoms with van der Waals surface area (Å²) in [7, 11) is -7.11.